The Kier molecular flexibility index (Phi) is 5.36. The maximum atomic E-state index is 12.3. The molecule has 0 saturated carbocycles. The van der Waals surface area contributed by atoms with Crippen molar-refractivity contribution < 1.29 is 9.53 Å². The van der Waals surface area contributed by atoms with Gasteiger partial charge in [-0.25, -0.2) is 0 Å². The first-order valence-corrected chi connectivity index (χ1v) is 8.96. The number of nitrogens with one attached hydrogen (secondary N) is 1. The zero-order valence-corrected chi connectivity index (χ0v) is 15.2. The van der Waals surface area contributed by atoms with Gasteiger partial charge in [-0.3, -0.25) is 4.79 Å². The van der Waals surface area contributed by atoms with Crippen LogP contribution in [0.15, 0.2) is 18.2 Å². The number of hydrogen-bond acceptors (Lipinski definition) is 4. The molecule has 2 heterocycles. The maximum absolute atomic E-state index is 12.3. The molecule has 0 fully saturated rings. The Bertz CT molecular complexity index is 754. The van der Waals surface area contributed by atoms with Crippen molar-refractivity contribution in [1.29, 1.82) is 0 Å². The van der Waals surface area contributed by atoms with Crippen LogP contribution in [0.1, 0.15) is 55.0 Å². The van der Waals surface area contributed by atoms with Gasteiger partial charge in [-0.15, -0.1) is 10.2 Å². The molecule has 3 rings (SSSR count). The highest BCUT2D eigenvalue weighted by Gasteiger charge is 2.20. The number of amides is 1. The largest absolute Gasteiger partial charge is 0.483 e. The molecule has 1 amide bonds. The summed E-state index contributed by atoms with van der Waals surface area (Å²) in [5.41, 5.74) is 2.13. The van der Waals surface area contributed by atoms with Gasteiger partial charge in [-0.2, -0.15) is 0 Å². The fraction of sp³-hybridized carbons (Fsp3) is 0.526. The average molecular weight is 342 g/mol. The number of carbonyl (C=O) groups excluding carboxylic acids is 1. The summed E-state index contributed by atoms with van der Waals surface area (Å²) >= 11 is 0. The summed E-state index contributed by atoms with van der Waals surface area (Å²) in [6, 6.07) is 5.79. The molecule has 1 aromatic carbocycles. The summed E-state index contributed by atoms with van der Waals surface area (Å²) in [4.78, 5) is 12.3. The Morgan fingerprint density at radius 3 is 2.96 bits per heavy atom. The zero-order valence-electron chi connectivity index (χ0n) is 15.2. The van der Waals surface area contributed by atoms with E-state index in [0.717, 1.165) is 54.3 Å². The van der Waals surface area contributed by atoms with Gasteiger partial charge < -0.3 is 14.6 Å². The van der Waals surface area contributed by atoms with Crippen molar-refractivity contribution in [2.24, 2.45) is 0 Å². The number of rotatable bonds is 5. The molecule has 1 N–H and O–H groups in total. The molecular formula is C19H26N4O2. The molecule has 1 aliphatic heterocycles. The number of fused-ring (bicyclic) bond motifs is 1. The second-order valence-corrected chi connectivity index (χ2v) is 6.78. The fourth-order valence-corrected chi connectivity index (χ4v) is 3.18. The summed E-state index contributed by atoms with van der Waals surface area (Å²) in [6.07, 6.45) is 4.47. The highest BCUT2D eigenvalue weighted by molar-refractivity contribution is 5.77. The van der Waals surface area contributed by atoms with Crippen LogP contribution >= 0.6 is 0 Å². The average Bonchev–Trinajstić information content (AvgIpc) is 2.84. The van der Waals surface area contributed by atoms with Gasteiger partial charge in [0.05, 0.1) is 6.04 Å². The molecule has 0 aliphatic carbocycles. The second-order valence-electron chi connectivity index (χ2n) is 6.78. The van der Waals surface area contributed by atoms with E-state index in [-0.39, 0.29) is 18.6 Å². The first-order valence-electron chi connectivity index (χ1n) is 8.96. The Balaban J connectivity index is 1.59. The molecule has 1 aliphatic rings. The minimum atomic E-state index is -0.186. The number of ether oxygens (including phenoxy) is 1. The van der Waals surface area contributed by atoms with Gasteiger partial charge in [-0.1, -0.05) is 18.6 Å². The number of carbonyl (C=O) groups is 1. The van der Waals surface area contributed by atoms with Crippen LogP contribution in [0.4, 0.5) is 0 Å². The van der Waals surface area contributed by atoms with Crippen LogP contribution in [0.2, 0.25) is 0 Å². The number of nitrogens with zero attached hydrogens (tertiary/aromatic N) is 3. The van der Waals surface area contributed by atoms with Gasteiger partial charge in [0, 0.05) is 13.0 Å². The molecule has 2 aromatic rings. The van der Waals surface area contributed by atoms with Crippen molar-refractivity contribution in [3.63, 3.8) is 0 Å². The molecule has 6 heteroatoms. The third kappa shape index (κ3) is 4.18. The van der Waals surface area contributed by atoms with E-state index < -0.39 is 0 Å². The topological polar surface area (TPSA) is 69.0 Å². The van der Waals surface area contributed by atoms with Crippen molar-refractivity contribution in [3.05, 3.63) is 41.0 Å². The van der Waals surface area contributed by atoms with Crippen LogP contribution < -0.4 is 10.1 Å². The van der Waals surface area contributed by atoms with E-state index in [9.17, 15) is 4.79 Å². The van der Waals surface area contributed by atoms with Crippen LogP contribution in [0, 0.1) is 13.8 Å². The van der Waals surface area contributed by atoms with Crippen molar-refractivity contribution in [1.82, 2.24) is 20.1 Å². The van der Waals surface area contributed by atoms with Crippen LogP contribution in [-0.2, 0) is 17.8 Å². The van der Waals surface area contributed by atoms with E-state index in [2.05, 4.69) is 20.1 Å². The Morgan fingerprint density at radius 2 is 2.12 bits per heavy atom. The van der Waals surface area contributed by atoms with Gasteiger partial charge in [0.1, 0.15) is 11.6 Å². The van der Waals surface area contributed by atoms with Crippen LogP contribution in [0.25, 0.3) is 0 Å². The van der Waals surface area contributed by atoms with Crippen molar-refractivity contribution in [3.8, 4) is 5.75 Å². The third-order valence-corrected chi connectivity index (χ3v) is 4.61. The number of aromatic nitrogens is 3. The minimum absolute atomic E-state index is 0.00434. The molecule has 1 aromatic heterocycles. The molecule has 1 atom stereocenters. The number of aryl methyl sites for hydroxylation is 3. The maximum Gasteiger partial charge on any atom is 0.258 e. The van der Waals surface area contributed by atoms with E-state index in [0.29, 0.717) is 0 Å². The van der Waals surface area contributed by atoms with Crippen molar-refractivity contribution in [2.45, 2.75) is 59.0 Å². The lowest BCUT2D eigenvalue weighted by molar-refractivity contribution is -0.123. The van der Waals surface area contributed by atoms with Crippen LogP contribution in [0.5, 0.6) is 5.75 Å². The third-order valence-electron chi connectivity index (χ3n) is 4.61. The van der Waals surface area contributed by atoms with Crippen molar-refractivity contribution >= 4 is 5.91 Å². The Morgan fingerprint density at radius 1 is 1.28 bits per heavy atom. The van der Waals surface area contributed by atoms with Gasteiger partial charge in [-0.05, 0) is 50.8 Å². The summed E-state index contributed by atoms with van der Waals surface area (Å²) < 4.78 is 7.83. The monoisotopic (exact) mass is 342 g/mol. The zero-order chi connectivity index (χ0) is 17.8. The summed E-state index contributed by atoms with van der Waals surface area (Å²) in [5.74, 6) is 2.45. The standard InChI is InChI=1S/C19H26N4O2/c1-13-8-9-14(2)16(11-13)25-12-18(24)20-15(3)19-22-21-17-7-5-4-6-10-23(17)19/h8-9,11,15H,4-7,10,12H2,1-3H3,(H,20,24)/t15-/m0/s1. The smallest absolute Gasteiger partial charge is 0.258 e. The van der Waals surface area contributed by atoms with Gasteiger partial charge in [0.25, 0.3) is 5.91 Å². The quantitative estimate of drug-likeness (QED) is 0.907. The molecule has 6 nitrogen and oxygen atoms in total. The first kappa shape index (κ1) is 17.5. The lowest BCUT2D eigenvalue weighted by Crippen LogP contribution is -2.33. The Labute approximate surface area is 148 Å². The van der Waals surface area contributed by atoms with E-state index in [1.165, 1.54) is 6.42 Å². The van der Waals surface area contributed by atoms with Crippen molar-refractivity contribution in [2.75, 3.05) is 6.61 Å². The molecule has 0 spiro atoms. The fourth-order valence-electron chi connectivity index (χ4n) is 3.18. The molecule has 0 unspecified atom stereocenters. The number of hydrogen-bond donors (Lipinski definition) is 1. The van der Waals surface area contributed by atoms with Gasteiger partial charge in [0.2, 0.25) is 0 Å². The predicted octanol–water partition coefficient (Wildman–Crippen LogP) is 2.88. The lowest BCUT2D eigenvalue weighted by atomic mass is 10.1. The minimum Gasteiger partial charge on any atom is -0.483 e. The summed E-state index contributed by atoms with van der Waals surface area (Å²) in [5, 5.41) is 11.6. The van der Waals surface area contributed by atoms with E-state index in [1.807, 2.05) is 39.0 Å². The SMILES string of the molecule is Cc1ccc(C)c(OCC(=O)N[C@@H](C)c2nnc3n2CCCCC3)c1. The molecule has 0 saturated heterocycles. The molecule has 134 valence electrons. The normalized spacial score (nSPS) is 15.2. The van der Waals surface area contributed by atoms with Gasteiger partial charge >= 0.3 is 0 Å². The molecule has 0 radical (unpaired) electrons. The molecular weight excluding hydrogens is 316 g/mol. The van der Waals surface area contributed by atoms with E-state index >= 15 is 0 Å². The Hall–Kier alpha value is -2.37. The number of benzene rings is 1. The molecule has 0 bridgehead atoms. The lowest BCUT2D eigenvalue weighted by Gasteiger charge is -2.16. The summed E-state index contributed by atoms with van der Waals surface area (Å²) in [7, 11) is 0. The predicted molar refractivity (Wildman–Crippen MR) is 95.5 cm³/mol. The first-order chi connectivity index (χ1) is 12.0. The van der Waals surface area contributed by atoms with Gasteiger partial charge in [0.15, 0.2) is 12.4 Å². The van der Waals surface area contributed by atoms with Crippen LogP contribution in [0.3, 0.4) is 0 Å². The van der Waals surface area contributed by atoms with E-state index in [4.69, 9.17) is 4.74 Å². The summed E-state index contributed by atoms with van der Waals surface area (Å²) in [6.45, 7) is 6.84. The van der Waals surface area contributed by atoms with E-state index in [1.54, 1.807) is 0 Å². The van der Waals surface area contributed by atoms with Crippen LogP contribution in [-0.4, -0.2) is 27.3 Å². The highest BCUT2D eigenvalue weighted by Crippen LogP contribution is 2.20. The second kappa shape index (κ2) is 7.68. The molecule has 25 heavy (non-hydrogen) atoms. The highest BCUT2D eigenvalue weighted by atomic mass is 16.5.